The van der Waals surface area contributed by atoms with Crippen LogP contribution in [0.25, 0.3) is 10.9 Å². The third-order valence-corrected chi connectivity index (χ3v) is 5.34. The van der Waals surface area contributed by atoms with Gasteiger partial charge in [0.25, 0.3) is 5.56 Å². The third-order valence-electron chi connectivity index (χ3n) is 4.15. The van der Waals surface area contributed by atoms with Gasteiger partial charge in [-0.3, -0.25) is 9.69 Å². The smallest absolute Gasteiger partial charge is 0.258 e. The predicted molar refractivity (Wildman–Crippen MR) is 93.4 cm³/mol. The molecule has 22 heavy (non-hydrogen) atoms. The molecule has 1 aliphatic heterocycles. The van der Waals surface area contributed by atoms with Crippen LogP contribution in [0.1, 0.15) is 32.0 Å². The normalized spacial score (nSPS) is 20.1. The fourth-order valence-corrected chi connectivity index (χ4v) is 4.24. The van der Waals surface area contributed by atoms with Gasteiger partial charge in [-0.15, -0.1) is 0 Å². The lowest BCUT2D eigenvalue weighted by atomic mass is 10.2. The van der Waals surface area contributed by atoms with Crippen LogP contribution < -0.4 is 5.56 Å². The molecule has 1 aromatic heterocycles. The highest BCUT2D eigenvalue weighted by Crippen LogP contribution is 2.22. The molecule has 1 N–H and O–H groups in total. The molecule has 0 spiro atoms. The second-order valence-electron chi connectivity index (χ2n) is 5.84. The number of nitrogens with zero attached hydrogens (tertiary/aromatic N) is 2. The summed E-state index contributed by atoms with van der Waals surface area (Å²) in [5.41, 5.74) is 0.755. The Hall–Kier alpha value is -1.33. The lowest BCUT2D eigenvalue weighted by molar-refractivity contribution is 0.273. The number of H-pyrrole nitrogens is 1. The van der Waals surface area contributed by atoms with E-state index in [1.54, 1.807) is 0 Å². The van der Waals surface area contributed by atoms with Crippen LogP contribution in [0.2, 0.25) is 0 Å². The number of likely N-dealkylation sites (tertiary alicyclic amines) is 1. The van der Waals surface area contributed by atoms with Crippen molar-refractivity contribution < 1.29 is 0 Å². The molecule has 0 amide bonds. The lowest BCUT2D eigenvalue weighted by Gasteiger charge is -2.23. The minimum atomic E-state index is -0.0325. The molecule has 0 saturated carbocycles. The van der Waals surface area contributed by atoms with E-state index in [4.69, 9.17) is 0 Å². The molecule has 2 heterocycles. The molecular weight excluding hydrogens is 294 g/mol. The molecule has 2 aromatic rings. The van der Waals surface area contributed by atoms with E-state index in [1.165, 1.54) is 25.0 Å². The summed E-state index contributed by atoms with van der Waals surface area (Å²) in [5.74, 6) is 1.95. The van der Waals surface area contributed by atoms with Crippen molar-refractivity contribution in [3.63, 3.8) is 0 Å². The highest BCUT2D eigenvalue weighted by molar-refractivity contribution is 7.99. The number of benzene rings is 1. The molecule has 0 aliphatic carbocycles. The molecule has 0 bridgehead atoms. The summed E-state index contributed by atoms with van der Waals surface area (Å²) < 4.78 is 0. The van der Waals surface area contributed by atoms with Crippen molar-refractivity contribution in [3.05, 3.63) is 40.4 Å². The van der Waals surface area contributed by atoms with Gasteiger partial charge in [-0.05, 0) is 37.3 Å². The molecule has 1 aliphatic rings. The molecule has 1 unspecified atom stereocenters. The average molecular weight is 317 g/mol. The molecule has 1 aromatic carbocycles. The van der Waals surface area contributed by atoms with Crippen LogP contribution >= 0.6 is 11.8 Å². The summed E-state index contributed by atoms with van der Waals surface area (Å²) in [5, 5.41) is 1.38. The van der Waals surface area contributed by atoms with Gasteiger partial charge in [0, 0.05) is 11.8 Å². The largest absolute Gasteiger partial charge is 0.309 e. The first kappa shape index (κ1) is 15.6. The van der Waals surface area contributed by atoms with E-state index in [2.05, 4.69) is 33.6 Å². The molecule has 5 heteroatoms. The number of aromatic nitrogens is 2. The van der Waals surface area contributed by atoms with Crippen LogP contribution in [-0.2, 0) is 6.54 Å². The first-order chi connectivity index (χ1) is 10.8. The van der Waals surface area contributed by atoms with Gasteiger partial charge in [-0.25, -0.2) is 4.98 Å². The zero-order valence-corrected chi connectivity index (χ0v) is 13.9. The van der Waals surface area contributed by atoms with Crippen LogP contribution in [0.4, 0.5) is 0 Å². The highest BCUT2D eigenvalue weighted by Gasteiger charge is 2.19. The lowest BCUT2D eigenvalue weighted by Crippen LogP contribution is -2.31. The average Bonchev–Trinajstić information content (AvgIpc) is 2.73. The molecule has 1 saturated heterocycles. The number of hydrogen-bond acceptors (Lipinski definition) is 4. The Bertz CT molecular complexity index is 685. The summed E-state index contributed by atoms with van der Waals surface area (Å²) in [6.07, 6.45) is 3.84. The van der Waals surface area contributed by atoms with E-state index in [9.17, 15) is 4.79 Å². The Balaban J connectivity index is 1.78. The molecule has 1 atom stereocenters. The number of nitrogens with one attached hydrogen (secondary N) is 1. The standard InChI is InChI=1S/C17H23N3OS/c1-2-22-13-7-5-6-10-20(11-13)12-16-18-15-9-4-3-8-14(15)17(21)19-16/h3-4,8-9,13H,2,5-7,10-12H2,1H3,(H,18,19,21). The Kier molecular flexibility index (Phi) is 5.16. The quantitative estimate of drug-likeness (QED) is 0.941. The van der Waals surface area contributed by atoms with E-state index in [0.717, 1.165) is 31.0 Å². The van der Waals surface area contributed by atoms with Crippen molar-refractivity contribution in [2.45, 2.75) is 38.0 Å². The molecule has 118 valence electrons. The number of aromatic amines is 1. The summed E-state index contributed by atoms with van der Waals surface area (Å²) in [4.78, 5) is 22.2. The topological polar surface area (TPSA) is 49.0 Å². The fraction of sp³-hybridized carbons (Fsp3) is 0.529. The molecule has 0 radical (unpaired) electrons. The predicted octanol–water partition coefficient (Wildman–Crippen LogP) is 3.03. The Morgan fingerprint density at radius 2 is 2.23 bits per heavy atom. The van der Waals surface area contributed by atoms with Crippen molar-refractivity contribution in [2.24, 2.45) is 0 Å². The van der Waals surface area contributed by atoms with Gasteiger partial charge in [0.15, 0.2) is 0 Å². The maximum Gasteiger partial charge on any atom is 0.258 e. The van der Waals surface area contributed by atoms with Gasteiger partial charge in [-0.2, -0.15) is 11.8 Å². The van der Waals surface area contributed by atoms with Gasteiger partial charge >= 0.3 is 0 Å². The van der Waals surface area contributed by atoms with Crippen molar-refractivity contribution in [1.82, 2.24) is 14.9 Å². The summed E-state index contributed by atoms with van der Waals surface area (Å²) in [7, 11) is 0. The van der Waals surface area contributed by atoms with Crippen molar-refractivity contribution in [3.8, 4) is 0 Å². The van der Waals surface area contributed by atoms with Crippen LogP contribution in [0.15, 0.2) is 29.1 Å². The Morgan fingerprint density at radius 1 is 1.36 bits per heavy atom. The molecule has 3 rings (SSSR count). The van der Waals surface area contributed by atoms with Crippen LogP contribution in [0.5, 0.6) is 0 Å². The number of para-hydroxylation sites is 1. The third kappa shape index (κ3) is 3.70. The monoisotopic (exact) mass is 317 g/mol. The second kappa shape index (κ2) is 7.29. The van der Waals surface area contributed by atoms with Crippen molar-refractivity contribution in [2.75, 3.05) is 18.8 Å². The maximum atomic E-state index is 12.2. The van der Waals surface area contributed by atoms with Crippen molar-refractivity contribution >= 4 is 22.7 Å². The zero-order valence-electron chi connectivity index (χ0n) is 13.0. The van der Waals surface area contributed by atoms with Crippen LogP contribution in [-0.4, -0.2) is 39.0 Å². The van der Waals surface area contributed by atoms with Gasteiger partial charge < -0.3 is 4.98 Å². The van der Waals surface area contributed by atoms with E-state index >= 15 is 0 Å². The molecule has 1 fully saturated rings. The Labute approximate surface area is 135 Å². The number of thioether (sulfide) groups is 1. The zero-order chi connectivity index (χ0) is 15.4. The van der Waals surface area contributed by atoms with Gasteiger partial charge in [0.05, 0.1) is 17.4 Å². The van der Waals surface area contributed by atoms with E-state index in [-0.39, 0.29) is 5.56 Å². The van der Waals surface area contributed by atoms with Gasteiger partial charge in [0.1, 0.15) is 5.82 Å². The van der Waals surface area contributed by atoms with E-state index < -0.39 is 0 Å². The maximum absolute atomic E-state index is 12.2. The highest BCUT2D eigenvalue weighted by atomic mass is 32.2. The van der Waals surface area contributed by atoms with E-state index in [1.807, 2.05) is 24.3 Å². The number of hydrogen-bond donors (Lipinski definition) is 1. The second-order valence-corrected chi connectivity index (χ2v) is 7.42. The summed E-state index contributed by atoms with van der Waals surface area (Å²) in [6.45, 7) is 5.15. The summed E-state index contributed by atoms with van der Waals surface area (Å²) >= 11 is 2.05. The van der Waals surface area contributed by atoms with E-state index in [0.29, 0.717) is 10.6 Å². The Morgan fingerprint density at radius 3 is 3.09 bits per heavy atom. The summed E-state index contributed by atoms with van der Waals surface area (Å²) in [6, 6.07) is 7.54. The van der Waals surface area contributed by atoms with Gasteiger partial charge in [-0.1, -0.05) is 25.5 Å². The van der Waals surface area contributed by atoms with Crippen molar-refractivity contribution in [1.29, 1.82) is 0 Å². The molecule has 4 nitrogen and oxygen atoms in total. The first-order valence-corrected chi connectivity index (χ1v) is 9.13. The number of fused-ring (bicyclic) bond motifs is 1. The minimum absolute atomic E-state index is 0.0325. The first-order valence-electron chi connectivity index (χ1n) is 8.08. The fourth-order valence-electron chi connectivity index (χ4n) is 3.11. The van der Waals surface area contributed by atoms with Crippen LogP contribution in [0.3, 0.4) is 0 Å². The minimum Gasteiger partial charge on any atom is -0.309 e. The molecular formula is C17H23N3OS. The van der Waals surface area contributed by atoms with Crippen LogP contribution in [0, 0.1) is 0 Å². The van der Waals surface area contributed by atoms with Gasteiger partial charge in [0.2, 0.25) is 0 Å². The number of rotatable bonds is 4. The SMILES string of the molecule is CCSC1CCCCN(Cc2nc3ccccc3c(=O)[nH]2)C1.